The molecule has 0 bridgehead atoms. The third kappa shape index (κ3) is 3.62. The molecule has 0 radical (unpaired) electrons. The van der Waals surface area contributed by atoms with Crippen LogP contribution in [0.2, 0.25) is 5.15 Å². The average molecular weight is 479 g/mol. The van der Waals surface area contributed by atoms with E-state index in [4.69, 9.17) is 21.1 Å². The lowest BCUT2D eigenvalue weighted by Gasteiger charge is -2.38. The minimum absolute atomic E-state index is 0.00527. The summed E-state index contributed by atoms with van der Waals surface area (Å²) in [5.41, 5.74) is 1.88. The lowest BCUT2D eigenvalue weighted by Crippen LogP contribution is -2.48. The van der Waals surface area contributed by atoms with Crippen molar-refractivity contribution in [2.24, 2.45) is 0 Å². The summed E-state index contributed by atoms with van der Waals surface area (Å²) in [6.07, 6.45) is 1.47. The molecule has 0 saturated carbocycles. The van der Waals surface area contributed by atoms with Crippen LogP contribution in [0.4, 0.5) is 5.82 Å². The number of benzene rings is 1. The number of amides is 2. The summed E-state index contributed by atoms with van der Waals surface area (Å²) in [6, 6.07) is 14.2. The summed E-state index contributed by atoms with van der Waals surface area (Å²) in [6.45, 7) is 2.33. The molecule has 174 valence electrons. The standard InChI is InChI=1S/C25H23ClN4O4/c26-20-7-5-16-6-8-21(28-23(16)27-20)30-19(17-3-1-2-4-18(17)24(30)32)15-22(31)29-11-9-25(10-12-29)33-13-14-34-25/h1-8,19H,9-15H2/t19-/m1/s1. The first-order valence-corrected chi connectivity index (χ1v) is 11.8. The van der Waals surface area contributed by atoms with E-state index < -0.39 is 11.8 Å². The molecule has 9 heteroatoms. The number of anilines is 1. The van der Waals surface area contributed by atoms with Crippen LogP contribution < -0.4 is 4.90 Å². The summed E-state index contributed by atoms with van der Waals surface area (Å²) in [5.74, 6) is -0.268. The zero-order valence-corrected chi connectivity index (χ0v) is 19.2. The molecule has 3 aliphatic rings. The van der Waals surface area contributed by atoms with Gasteiger partial charge in [0, 0.05) is 36.9 Å². The molecular formula is C25H23ClN4O4. The van der Waals surface area contributed by atoms with Gasteiger partial charge in [-0.15, -0.1) is 0 Å². The molecule has 1 aromatic carbocycles. The molecule has 2 aromatic heterocycles. The molecule has 2 saturated heterocycles. The molecule has 1 spiro atoms. The van der Waals surface area contributed by atoms with Crippen LogP contribution in [-0.4, -0.2) is 58.8 Å². The third-order valence-corrected chi connectivity index (χ3v) is 7.10. The summed E-state index contributed by atoms with van der Waals surface area (Å²) in [4.78, 5) is 39.2. The predicted molar refractivity (Wildman–Crippen MR) is 126 cm³/mol. The molecule has 2 fully saturated rings. The SMILES string of the molecule is O=C(C[C@@H]1c2ccccc2C(=O)N1c1ccc2ccc(Cl)nc2n1)N1CCC2(CC1)OCCO2. The smallest absolute Gasteiger partial charge is 0.260 e. The number of fused-ring (bicyclic) bond motifs is 2. The second-order valence-electron chi connectivity index (χ2n) is 8.82. The number of hydrogen-bond acceptors (Lipinski definition) is 6. The molecule has 5 heterocycles. The first kappa shape index (κ1) is 21.5. The van der Waals surface area contributed by atoms with E-state index in [9.17, 15) is 9.59 Å². The quantitative estimate of drug-likeness (QED) is 0.533. The van der Waals surface area contributed by atoms with Gasteiger partial charge in [0.15, 0.2) is 11.4 Å². The highest BCUT2D eigenvalue weighted by molar-refractivity contribution is 6.29. The van der Waals surface area contributed by atoms with Crippen LogP contribution in [0, 0.1) is 0 Å². The topological polar surface area (TPSA) is 84.9 Å². The van der Waals surface area contributed by atoms with Gasteiger partial charge in [-0.3, -0.25) is 14.5 Å². The lowest BCUT2D eigenvalue weighted by molar-refractivity contribution is -0.187. The molecule has 3 aliphatic heterocycles. The van der Waals surface area contributed by atoms with Gasteiger partial charge in [-0.2, -0.15) is 0 Å². The van der Waals surface area contributed by atoms with Gasteiger partial charge in [0.25, 0.3) is 5.91 Å². The van der Waals surface area contributed by atoms with Crippen molar-refractivity contribution in [3.05, 3.63) is 64.8 Å². The van der Waals surface area contributed by atoms with Crippen molar-refractivity contribution in [1.29, 1.82) is 0 Å². The number of ether oxygens (including phenoxy) is 2. The van der Waals surface area contributed by atoms with Crippen LogP contribution >= 0.6 is 11.6 Å². The van der Waals surface area contributed by atoms with Gasteiger partial charge in [-0.05, 0) is 35.9 Å². The molecular weight excluding hydrogens is 456 g/mol. The number of aromatic nitrogens is 2. The first-order chi connectivity index (χ1) is 16.5. The Morgan fingerprint density at radius 2 is 1.76 bits per heavy atom. The van der Waals surface area contributed by atoms with Gasteiger partial charge in [-0.25, -0.2) is 9.97 Å². The van der Waals surface area contributed by atoms with E-state index >= 15 is 0 Å². The maximum atomic E-state index is 13.4. The Labute approximate surface area is 201 Å². The monoisotopic (exact) mass is 478 g/mol. The average Bonchev–Trinajstić information content (AvgIpc) is 3.42. The molecule has 0 aliphatic carbocycles. The molecule has 1 atom stereocenters. The summed E-state index contributed by atoms with van der Waals surface area (Å²) < 4.78 is 11.6. The number of likely N-dealkylation sites (tertiary alicyclic amines) is 1. The van der Waals surface area contributed by atoms with Crippen LogP contribution in [0.3, 0.4) is 0 Å². The van der Waals surface area contributed by atoms with Crippen LogP contribution in [0.25, 0.3) is 11.0 Å². The van der Waals surface area contributed by atoms with E-state index in [1.807, 2.05) is 35.2 Å². The van der Waals surface area contributed by atoms with Gasteiger partial charge in [-0.1, -0.05) is 29.8 Å². The number of hydrogen-bond donors (Lipinski definition) is 0. The Kier molecular flexibility index (Phi) is 5.24. The minimum atomic E-state index is -0.540. The number of carbonyl (C=O) groups excluding carboxylic acids is 2. The van der Waals surface area contributed by atoms with Gasteiger partial charge in [0.2, 0.25) is 5.91 Å². The molecule has 0 unspecified atom stereocenters. The van der Waals surface area contributed by atoms with Crippen molar-refractivity contribution < 1.29 is 19.1 Å². The molecule has 0 N–H and O–H groups in total. The van der Waals surface area contributed by atoms with Crippen LogP contribution in [-0.2, 0) is 14.3 Å². The number of carbonyl (C=O) groups is 2. The molecule has 2 amide bonds. The number of pyridine rings is 2. The van der Waals surface area contributed by atoms with Gasteiger partial charge in [0.05, 0.1) is 25.7 Å². The van der Waals surface area contributed by atoms with E-state index in [1.165, 1.54) is 0 Å². The lowest BCUT2D eigenvalue weighted by atomic mass is 9.99. The second-order valence-corrected chi connectivity index (χ2v) is 9.21. The summed E-state index contributed by atoms with van der Waals surface area (Å²) in [7, 11) is 0. The maximum Gasteiger partial charge on any atom is 0.260 e. The van der Waals surface area contributed by atoms with Crippen LogP contribution in [0.5, 0.6) is 0 Å². The Balaban J connectivity index is 1.29. The molecule has 6 rings (SSSR count). The Morgan fingerprint density at radius 1 is 1.03 bits per heavy atom. The molecule has 3 aromatic rings. The van der Waals surface area contributed by atoms with E-state index in [1.54, 1.807) is 23.1 Å². The first-order valence-electron chi connectivity index (χ1n) is 11.4. The Morgan fingerprint density at radius 3 is 2.56 bits per heavy atom. The zero-order valence-electron chi connectivity index (χ0n) is 18.4. The van der Waals surface area contributed by atoms with Crippen LogP contribution in [0.1, 0.15) is 41.2 Å². The normalized spacial score (nSPS) is 21.4. The maximum absolute atomic E-state index is 13.4. The summed E-state index contributed by atoms with van der Waals surface area (Å²) >= 11 is 6.06. The fourth-order valence-corrected chi connectivity index (χ4v) is 5.28. The third-order valence-electron chi connectivity index (χ3n) is 6.89. The number of nitrogens with zero attached hydrogens (tertiary/aromatic N) is 4. The zero-order chi connectivity index (χ0) is 23.3. The highest BCUT2D eigenvalue weighted by atomic mass is 35.5. The van der Waals surface area contributed by atoms with Crippen molar-refractivity contribution >= 4 is 40.3 Å². The van der Waals surface area contributed by atoms with Crippen molar-refractivity contribution in [2.75, 3.05) is 31.2 Å². The second kappa shape index (κ2) is 8.30. The Bertz CT molecular complexity index is 1280. The van der Waals surface area contributed by atoms with Gasteiger partial charge in [0.1, 0.15) is 11.0 Å². The number of halogens is 1. The van der Waals surface area contributed by atoms with Gasteiger partial charge >= 0.3 is 0 Å². The molecule has 8 nitrogen and oxygen atoms in total. The van der Waals surface area contributed by atoms with E-state index in [2.05, 4.69) is 9.97 Å². The highest BCUT2D eigenvalue weighted by Crippen LogP contribution is 2.40. The minimum Gasteiger partial charge on any atom is -0.347 e. The Hall–Kier alpha value is -3.07. The highest BCUT2D eigenvalue weighted by Gasteiger charge is 2.43. The van der Waals surface area contributed by atoms with Gasteiger partial charge < -0.3 is 14.4 Å². The van der Waals surface area contributed by atoms with E-state index in [0.29, 0.717) is 61.3 Å². The van der Waals surface area contributed by atoms with E-state index in [0.717, 1.165) is 10.9 Å². The van der Waals surface area contributed by atoms with Crippen molar-refractivity contribution in [2.45, 2.75) is 31.1 Å². The van der Waals surface area contributed by atoms with Crippen molar-refractivity contribution in [3.63, 3.8) is 0 Å². The van der Waals surface area contributed by atoms with Crippen molar-refractivity contribution in [1.82, 2.24) is 14.9 Å². The summed E-state index contributed by atoms with van der Waals surface area (Å²) in [5, 5.41) is 1.15. The predicted octanol–water partition coefficient (Wildman–Crippen LogP) is 3.74. The van der Waals surface area contributed by atoms with Crippen LogP contribution in [0.15, 0.2) is 48.5 Å². The fraction of sp³-hybridized carbons (Fsp3) is 0.360. The van der Waals surface area contributed by atoms with Crippen molar-refractivity contribution in [3.8, 4) is 0 Å². The van der Waals surface area contributed by atoms with E-state index in [-0.39, 0.29) is 18.2 Å². The number of piperidine rings is 1. The molecule has 34 heavy (non-hydrogen) atoms. The largest absolute Gasteiger partial charge is 0.347 e. The fourth-order valence-electron chi connectivity index (χ4n) is 5.13. The number of rotatable bonds is 3.